The fraction of sp³-hybridized carbons (Fsp3) is 0.263. The van der Waals surface area contributed by atoms with Gasteiger partial charge in [-0.05, 0) is 37.3 Å². The Balaban J connectivity index is 2.10. The lowest BCUT2D eigenvalue weighted by Crippen LogP contribution is -2.30. The van der Waals surface area contributed by atoms with Crippen molar-refractivity contribution in [3.63, 3.8) is 0 Å². The van der Waals surface area contributed by atoms with Crippen LogP contribution in [0.25, 0.3) is 0 Å². The van der Waals surface area contributed by atoms with E-state index in [1.165, 1.54) is 40.4 Å². The standard InChI is InChI=1S/C19H20ClNO6/c1-11(18(22)21-16-9-13(20)5-6-17(16)26-4)27-19(23)12-7-14(24-2)10-15(8-12)25-3/h5-11H,1-4H3,(H,21,22)/t11-/m0/s1. The molecule has 0 aliphatic carbocycles. The monoisotopic (exact) mass is 393 g/mol. The number of esters is 1. The fourth-order valence-electron chi connectivity index (χ4n) is 2.22. The molecular weight excluding hydrogens is 374 g/mol. The number of hydrogen-bond donors (Lipinski definition) is 1. The Labute approximate surface area is 162 Å². The summed E-state index contributed by atoms with van der Waals surface area (Å²) in [6, 6.07) is 9.41. The predicted molar refractivity (Wildman–Crippen MR) is 101 cm³/mol. The molecule has 27 heavy (non-hydrogen) atoms. The number of halogens is 1. The minimum atomic E-state index is -1.06. The van der Waals surface area contributed by atoms with E-state index in [9.17, 15) is 9.59 Å². The second-order valence-electron chi connectivity index (χ2n) is 5.48. The second-order valence-corrected chi connectivity index (χ2v) is 5.92. The molecule has 2 rings (SSSR count). The molecule has 1 N–H and O–H groups in total. The van der Waals surface area contributed by atoms with Crippen molar-refractivity contribution in [2.24, 2.45) is 0 Å². The number of hydrogen-bond acceptors (Lipinski definition) is 6. The highest BCUT2D eigenvalue weighted by Crippen LogP contribution is 2.28. The average Bonchev–Trinajstić information content (AvgIpc) is 2.67. The molecule has 1 atom stereocenters. The molecule has 0 saturated carbocycles. The zero-order chi connectivity index (χ0) is 20.0. The van der Waals surface area contributed by atoms with Crippen molar-refractivity contribution in [3.8, 4) is 17.2 Å². The lowest BCUT2D eigenvalue weighted by molar-refractivity contribution is -0.123. The van der Waals surface area contributed by atoms with Gasteiger partial charge in [-0.2, -0.15) is 0 Å². The summed E-state index contributed by atoms with van der Waals surface area (Å²) >= 11 is 5.94. The van der Waals surface area contributed by atoms with E-state index in [2.05, 4.69) is 5.32 Å². The van der Waals surface area contributed by atoms with Gasteiger partial charge in [-0.15, -0.1) is 0 Å². The molecule has 0 aliphatic heterocycles. The van der Waals surface area contributed by atoms with Gasteiger partial charge in [0.2, 0.25) is 0 Å². The van der Waals surface area contributed by atoms with Crippen LogP contribution in [0.2, 0.25) is 5.02 Å². The van der Waals surface area contributed by atoms with Gasteiger partial charge >= 0.3 is 5.97 Å². The van der Waals surface area contributed by atoms with Crippen molar-refractivity contribution < 1.29 is 28.5 Å². The summed E-state index contributed by atoms with van der Waals surface area (Å²) < 4.78 is 20.7. The number of methoxy groups -OCH3 is 3. The topological polar surface area (TPSA) is 83.1 Å². The van der Waals surface area contributed by atoms with Crippen LogP contribution >= 0.6 is 11.6 Å². The van der Waals surface area contributed by atoms with Crippen molar-refractivity contribution in [1.82, 2.24) is 0 Å². The minimum Gasteiger partial charge on any atom is -0.497 e. The van der Waals surface area contributed by atoms with Crippen LogP contribution < -0.4 is 19.5 Å². The first kappa shape index (κ1) is 20.4. The van der Waals surface area contributed by atoms with E-state index in [0.717, 1.165) is 0 Å². The fourth-order valence-corrected chi connectivity index (χ4v) is 2.39. The molecule has 0 spiro atoms. The van der Waals surface area contributed by atoms with Crippen LogP contribution in [0.3, 0.4) is 0 Å². The van der Waals surface area contributed by atoms with Crippen molar-refractivity contribution in [1.29, 1.82) is 0 Å². The summed E-state index contributed by atoms with van der Waals surface area (Å²) in [5.74, 6) is 0.0830. The van der Waals surface area contributed by atoms with Crippen molar-refractivity contribution in [2.45, 2.75) is 13.0 Å². The molecular formula is C19H20ClNO6. The lowest BCUT2D eigenvalue weighted by atomic mass is 10.2. The van der Waals surface area contributed by atoms with Crippen LogP contribution in [0, 0.1) is 0 Å². The average molecular weight is 394 g/mol. The maximum absolute atomic E-state index is 12.4. The summed E-state index contributed by atoms with van der Waals surface area (Å²) in [5, 5.41) is 3.06. The third-order valence-corrected chi connectivity index (χ3v) is 3.89. The summed E-state index contributed by atoms with van der Waals surface area (Å²) in [7, 11) is 4.41. The van der Waals surface area contributed by atoms with E-state index in [-0.39, 0.29) is 5.56 Å². The molecule has 0 aromatic heterocycles. The molecule has 2 aromatic carbocycles. The number of ether oxygens (including phenoxy) is 4. The first-order valence-corrected chi connectivity index (χ1v) is 8.34. The molecule has 0 unspecified atom stereocenters. The highest BCUT2D eigenvalue weighted by molar-refractivity contribution is 6.31. The number of amides is 1. The van der Waals surface area contributed by atoms with Crippen LogP contribution in [0.15, 0.2) is 36.4 Å². The molecule has 8 heteroatoms. The second kappa shape index (κ2) is 9.14. The Bertz CT molecular complexity index is 817. The van der Waals surface area contributed by atoms with Gasteiger partial charge in [0.1, 0.15) is 17.2 Å². The highest BCUT2D eigenvalue weighted by atomic mass is 35.5. The van der Waals surface area contributed by atoms with Gasteiger partial charge in [0.25, 0.3) is 5.91 Å². The van der Waals surface area contributed by atoms with Crippen LogP contribution in [-0.4, -0.2) is 39.3 Å². The van der Waals surface area contributed by atoms with Crippen LogP contribution in [0.5, 0.6) is 17.2 Å². The number of carbonyl (C=O) groups is 2. The molecule has 0 fully saturated rings. The third-order valence-electron chi connectivity index (χ3n) is 3.66. The zero-order valence-electron chi connectivity index (χ0n) is 15.4. The van der Waals surface area contributed by atoms with Crippen molar-refractivity contribution in [3.05, 3.63) is 47.0 Å². The minimum absolute atomic E-state index is 0.200. The van der Waals surface area contributed by atoms with Crippen LogP contribution in [0.4, 0.5) is 5.69 Å². The molecule has 144 valence electrons. The molecule has 1 amide bonds. The van der Waals surface area contributed by atoms with E-state index in [1.807, 2.05) is 0 Å². The molecule has 0 aliphatic rings. The summed E-state index contributed by atoms with van der Waals surface area (Å²) in [5.41, 5.74) is 0.576. The van der Waals surface area contributed by atoms with Crippen LogP contribution in [0.1, 0.15) is 17.3 Å². The van der Waals surface area contributed by atoms with Gasteiger partial charge < -0.3 is 24.3 Å². The summed E-state index contributed by atoms with van der Waals surface area (Å²) in [6.45, 7) is 1.46. The first-order chi connectivity index (χ1) is 12.9. The molecule has 7 nitrogen and oxygen atoms in total. The number of nitrogens with one attached hydrogen (secondary N) is 1. The SMILES string of the molecule is COc1cc(OC)cc(C(=O)O[C@@H](C)C(=O)Nc2cc(Cl)ccc2OC)c1. The molecule has 0 radical (unpaired) electrons. The number of benzene rings is 2. The zero-order valence-corrected chi connectivity index (χ0v) is 16.1. The first-order valence-electron chi connectivity index (χ1n) is 7.96. The Morgan fingerprint density at radius 2 is 1.59 bits per heavy atom. The third kappa shape index (κ3) is 5.27. The number of rotatable bonds is 7. The van der Waals surface area contributed by atoms with Gasteiger partial charge in [0, 0.05) is 11.1 Å². The summed E-state index contributed by atoms with van der Waals surface area (Å²) in [6.07, 6.45) is -1.06. The van der Waals surface area contributed by atoms with Crippen molar-refractivity contribution >= 4 is 29.2 Å². The van der Waals surface area contributed by atoms with Gasteiger partial charge in [0.05, 0.1) is 32.6 Å². The Kier molecular flexibility index (Phi) is 6.90. The van der Waals surface area contributed by atoms with Crippen molar-refractivity contribution in [2.75, 3.05) is 26.6 Å². The van der Waals surface area contributed by atoms with Gasteiger partial charge in [-0.3, -0.25) is 4.79 Å². The Morgan fingerprint density at radius 1 is 0.963 bits per heavy atom. The Morgan fingerprint density at radius 3 is 2.15 bits per heavy atom. The maximum atomic E-state index is 12.4. The molecule has 0 bridgehead atoms. The number of carbonyl (C=O) groups excluding carboxylic acids is 2. The normalized spacial score (nSPS) is 11.3. The largest absolute Gasteiger partial charge is 0.497 e. The smallest absolute Gasteiger partial charge is 0.339 e. The molecule has 0 saturated heterocycles. The molecule has 0 heterocycles. The van der Waals surface area contributed by atoms with E-state index in [4.69, 9.17) is 30.5 Å². The molecule has 2 aromatic rings. The maximum Gasteiger partial charge on any atom is 0.339 e. The van der Waals surface area contributed by atoms with E-state index >= 15 is 0 Å². The van der Waals surface area contributed by atoms with Crippen LogP contribution in [-0.2, 0) is 9.53 Å². The lowest BCUT2D eigenvalue weighted by Gasteiger charge is -2.16. The van der Waals surface area contributed by atoms with Gasteiger partial charge in [-0.1, -0.05) is 11.6 Å². The van der Waals surface area contributed by atoms with E-state index in [1.54, 1.807) is 24.3 Å². The van der Waals surface area contributed by atoms with E-state index in [0.29, 0.717) is 28.0 Å². The highest BCUT2D eigenvalue weighted by Gasteiger charge is 2.21. The predicted octanol–water partition coefficient (Wildman–Crippen LogP) is 3.55. The van der Waals surface area contributed by atoms with Gasteiger partial charge in [-0.25, -0.2) is 4.79 Å². The van der Waals surface area contributed by atoms with E-state index < -0.39 is 18.0 Å². The quantitative estimate of drug-likeness (QED) is 0.724. The number of anilines is 1. The Hall–Kier alpha value is -2.93. The summed E-state index contributed by atoms with van der Waals surface area (Å²) in [4.78, 5) is 24.7. The van der Waals surface area contributed by atoms with Gasteiger partial charge in [0.15, 0.2) is 6.10 Å².